The Morgan fingerprint density at radius 1 is 1.44 bits per heavy atom. The van der Waals surface area contributed by atoms with E-state index in [1.165, 1.54) is 6.07 Å². The minimum absolute atomic E-state index is 0.0985. The summed E-state index contributed by atoms with van der Waals surface area (Å²) in [6.07, 6.45) is 2.30. The first kappa shape index (κ1) is 13.0. The molecule has 0 radical (unpaired) electrons. The van der Waals surface area contributed by atoms with Gasteiger partial charge in [-0.2, -0.15) is 0 Å². The molecule has 1 aromatic rings. The molecule has 4 heteroatoms. The van der Waals surface area contributed by atoms with Crippen LogP contribution >= 0.6 is 0 Å². The number of nitrogens with zero attached hydrogens (tertiary/aromatic N) is 1. The summed E-state index contributed by atoms with van der Waals surface area (Å²) < 4.78 is 13.4. The van der Waals surface area contributed by atoms with E-state index in [2.05, 4.69) is 0 Å². The third-order valence-corrected chi connectivity index (χ3v) is 3.72. The lowest BCUT2D eigenvalue weighted by atomic mass is 10.1. The number of halogens is 1. The molecule has 0 aliphatic heterocycles. The SMILES string of the molecule is CN(CCc1ccccc1F)C(=O)C1(CN)CC1. The van der Waals surface area contributed by atoms with Crippen LogP contribution in [0.1, 0.15) is 18.4 Å². The maximum atomic E-state index is 13.4. The van der Waals surface area contributed by atoms with E-state index in [0.29, 0.717) is 25.1 Å². The zero-order valence-electron chi connectivity index (χ0n) is 10.7. The van der Waals surface area contributed by atoms with E-state index in [1.807, 2.05) is 6.07 Å². The molecule has 0 spiro atoms. The molecule has 98 valence electrons. The average molecular weight is 250 g/mol. The van der Waals surface area contributed by atoms with E-state index in [-0.39, 0.29) is 17.1 Å². The highest BCUT2D eigenvalue weighted by Crippen LogP contribution is 2.45. The zero-order valence-corrected chi connectivity index (χ0v) is 10.7. The Morgan fingerprint density at radius 3 is 2.67 bits per heavy atom. The second-order valence-electron chi connectivity index (χ2n) is 5.05. The molecule has 0 aromatic heterocycles. The summed E-state index contributed by atoms with van der Waals surface area (Å²) in [6.45, 7) is 0.942. The van der Waals surface area contributed by atoms with Crippen LogP contribution in [0, 0.1) is 11.2 Å². The predicted molar refractivity (Wildman–Crippen MR) is 68.5 cm³/mol. The van der Waals surface area contributed by atoms with E-state index in [1.54, 1.807) is 24.1 Å². The van der Waals surface area contributed by atoms with Crippen LogP contribution in [0.25, 0.3) is 0 Å². The maximum absolute atomic E-state index is 13.4. The number of hydrogen-bond donors (Lipinski definition) is 1. The van der Waals surface area contributed by atoms with Gasteiger partial charge >= 0.3 is 0 Å². The van der Waals surface area contributed by atoms with Crippen molar-refractivity contribution in [3.63, 3.8) is 0 Å². The van der Waals surface area contributed by atoms with Gasteiger partial charge in [-0.1, -0.05) is 18.2 Å². The van der Waals surface area contributed by atoms with Crippen molar-refractivity contribution in [2.75, 3.05) is 20.1 Å². The summed E-state index contributed by atoms with van der Waals surface area (Å²) in [4.78, 5) is 13.8. The van der Waals surface area contributed by atoms with Gasteiger partial charge in [-0.15, -0.1) is 0 Å². The third kappa shape index (κ3) is 2.53. The Labute approximate surface area is 107 Å². The Morgan fingerprint density at radius 2 is 2.11 bits per heavy atom. The number of amides is 1. The summed E-state index contributed by atoms with van der Waals surface area (Å²) in [6, 6.07) is 6.67. The first-order valence-electron chi connectivity index (χ1n) is 6.28. The molecule has 1 aliphatic rings. The minimum Gasteiger partial charge on any atom is -0.345 e. The summed E-state index contributed by atoms with van der Waals surface area (Å²) in [5, 5.41) is 0. The number of rotatable bonds is 5. The van der Waals surface area contributed by atoms with Gasteiger partial charge in [-0.3, -0.25) is 4.79 Å². The number of likely N-dealkylation sites (N-methyl/N-ethyl adjacent to an activating group) is 1. The second kappa shape index (κ2) is 5.06. The molecule has 3 nitrogen and oxygen atoms in total. The van der Waals surface area contributed by atoms with Crippen molar-refractivity contribution in [3.8, 4) is 0 Å². The van der Waals surface area contributed by atoms with Crippen molar-refractivity contribution < 1.29 is 9.18 Å². The fourth-order valence-electron chi connectivity index (χ4n) is 2.15. The molecule has 1 aromatic carbocycles. The van der Waals surface area contributed by atoms with Crippen molar-refractivity contribution in [3.05, 3.63) is 35.6 Å². The normalized spacial score (nSPS) is 16.4. The Bertz CT molecular complexity index is 443. The van der Waals surface area contributed by atoms with E-state index in [4.69, 9.17) is 5.73 Å². The largest absolute Gasteiger partial charge is 0.345 e. The zero-order chi connectivity index (χ0) is 13.2. The third-order valence-electron chi connectivity index (χ3n) is 3.72. The van der Waals surface area contributed by atoms with Crippen LogP contribution in [0.3, 0.4) is 0 Å². The summed E-state index contributed by atoms with van der Waals surface area (Å²) >= 11 is 0. The molecule has 1 aliphatic carbocycles. The highest BCUT2D eigenvalue weighted by molar-refractivity contribution is 5.85. The van der Waals surface area contributed by atoms with Crippen molar-refractivity contribution in [1.29, 1.82) is 0 Å². The number of carbonyl (C=O) groups is 1. The van der Waals surface area contributed by atoms with Gasteiger partial charge in [0.25, 0.3) is 0 Å². The smallest absolute Gasteiger partial charge is 0.229 e. The molecule has 1 saturated carbocycles. The van der Waals surface area contributed by atoms with Gasteiger partial charge < -0.3 is 10.6 Å². The number of nitrogens with two attached hydrogens (primary N) is 1. The fraction of sp³-hybridized carbons (Fsp3) is 0.500. The molecule has 0 atom stereocenters. The van der Waals surface area contributed by atoms with Crippen LogP contribution in [-0.4, -0.2) is 30.9 Å². The van der Waals surface area contributed by atoms with E-state index in [9.17, 15) is 9.18 Å². The first-order chi connectivity index (χ1) is 8.59. The molecular formula is C14H19FN2O. The van der Waals surface area contributed by atoms with Crippen molar-refractivity contribution in [1.82, 2.24) is 4.90 Å². The molecule has 1 amide bonds. The van der Waals surface area contributed by atoms with Crippen LogP contribution in [0.5, 0.6) is 0 Å². The van der Waals surface area contributed by atoms with Gasteiger partial charge in [0.1, 0.15) is 5.82 Å². The highest BCUT2D eigenvalue weighted by atomic mass is 19.1. The fourth-order valence-corrected chi connectivity index (χ4v) is 2.15. The minimum atomic E-state index is -0.315. The average Bonchev–Trinajstić information content (AvgIpc) is 3.17. The molecule has 0 bridgehead atoms. The lowest BCUT2D eigenvalue weighted by molar-refractivity contribution is -0.135. The Balaban J connectivity index is 1.91. The van der Waals surface area contributed by atoms with Crippen LogP contribution in [0.15, 0.2) is 24.3 Å². The van der Waals surface area contributed by atoms with Crippen LogP contribution in [0.2, 0.25) is 0 Å². The molecule has 18 heavy (non-hydrogen) atoms. The van der Waals surface area contributed by atoms with Gasteiger partial charge in [-0.05, 0) is 30.9 Å². The van der Waals surface area contributed by atoms with Gasteiger partial charge in [0.2, 0.25) is 5.91 Å². The standard InChI is InChI=1S/C14H19FN2O/c1-17(13(18)14(10-16)7-8-14)9-6-11-4-2-3-5-12(11)15/h2-5H,6-10,16H2,1H3. The van der Waals surface area contributed by atoms with Crippen molar-refractivity contribution in [2.45, 2.75) is 19.3 Å². The lowest BCUT2D eigenvalue weighted by Gasteiger charge is -2.22. The molecule has 0 heterocycles. The monoisotopic (exact) mass is 250 g/mol. The second-order valence-corrected chi connectivity index (χ2v) is 5.05. The van der Waals surface area contributed by atoms with E-state index >= 15 is 0 Å². The summed E-state index contributed by atoms with van der Waals surface area (Å²) in [5.41, 5.74) is 5.96. The van der Waals surface area contributed by atoms with Crippen molar-refractivity contribution in [2.24, 2.45) is 11.1 Å². The van der Waals surface area contributed by atoms with E-state index < -0.39 is 0 Å². The molecule has 2 N–H and O–H groups in total. The van der Waals surface area contributed by atoms with Gasteiger partial charge in [0.05, 0.1) is 5.41 Å². The molecule has 0 unspecified atom stereocenters. The molecular weight excluding hydrogens is 231 g/mol. The lowest BCUT2D eigenvalue weighted by Crippen LogP contribution is -2.39. The van der Waals surface area contributed by atoms with Crippen LogP contribution in [-0.2, 0) is 11.2 Å². The number of hydrogen-bond acceptors (Lipinski definition) is 2. The Hall–Kier alpha value is -1.42. The molecule has 2 rings (SSSR count). The highest BCUT2D eigenvalue weighted by Gasteiger charge is 2.49. The van der Waals surface area contributed by atoms with Gasteiger partial charge in [0, 0.05) is 20.1 Å². The number of benzene rings is 1. The van der Waals surface area contributed by atoms with Crippen LogP contribution < -0.4 is 5.73 Å². The van der Waals surface area contributed by atoms with Crippen molar-refractivity contribution >= 4 is 5.91 Å². The Kier molecular flexibility index (Phi) is 3.66. The summed E-state index contributed by atoms with van der Waals surface area (Å²) in [5.74, 6) is -0.111. The summed E-state index contributed by atoms with van der Waals surface area (Å²) in [7, 11) is 1.76. The van der Waals surface area contributed by atoms with Gasteiger partial charge in [-0.25, -0.2) is 4.39 Å². The van der Waals surface area contributed by atoms with Gasteiger partial charge in [0.15, 0.2) is 0 Å². The first-order valence-corrected chi connectivity index (χ1v) is 6.28. The topological polar surface area (TPSA) is 46.3 Å². The van der Waals surface area contributed by atoms with E-state index in [0.717, 1.165) is 12.8 Å². The van der Waals surface area contributed by atoms with Crippen LogP contribution in [0.4, 0.5) is 4.39 Å². The number of carbonyl (C=O) groups excluding carboxylic acids is 1. The molecule has 1 fully saturated rings. The molecule has 0 saturated heterocycles. The maximum Gasteiger partial charge on any atom is 0.229 e. The predicted octanol–water partition coefficient (Wildman–Crippen LogP) is 1.57. The quantitative estimate of drug-likeness (QED) is 0.862.